The number of hydrogen-bond acceptors (Lipinski definition) is 4. The number of hydrogen-bond donors (Lipinski definition) is 0. The molecule has 0 N–H and O–H groups in total. The summed E-state index contributed by atoms with van der Waals surface area (Å²) in [5.74, 6) is -0.409. The second-order valence-corrected chi connectivity index (χ2v) is 5.95. The summed E-state index contributed by atoms with van der Waals surface area (Å²) in [5.41, 5.74) is 1.57. The van der Waals surface area contributed by atoms with Crippen molar-refractivity contribution < 1.29 is 18.7 Å². The number of methoxy groups -OCH3 is 1. The van der Waals surface area contributed by atoms with Gasteiger partial charge in [0.15, 0.2) is 5.76 Å². The molecule has 128 valence electrons. The van der Waals surface area contributed by atoms with Crippen LogP contribution in [0.3, 0.4) is 0 Å². The summed E-state index contributed by atoms with van der Waals surface area (Å²) in [6.45, 7) is 3.09. The van der Waals surface area contributed by atoms with Crippen molar-refractivity contribution >= 4 is 40.1 Å². The molecule has 0 spiro atoms. The van der Waals surface area contributed by atoms with Gasteiger partial charge in [0.05, 0.1) is 23.2 Å². The summed E-state index contributed by atoms with van der Waals surface area (Å²) in [6, 6.07) is 12.0. The van der Waals surface area contributed by atoms with E-state index < -0.39 is 11.8 Å². The molecule has 3 rings (SSSR count). The molecule has 0 fully saturated rings. The van der Waals surface area contributed by atoms with Crippen LogP contribution in [0.4, 0.5) is 5.69 Å². The summed E-state index contributed by atoms with van der Waals surface area (Å²) < 4.78 is 10.9. The van der Waals surface area contributed by atoms with Crippen LogP contribution in [-0.2, 0) is 4.79 Å². The van der Waals surface area contributed by atoms with Gasteiger partial charge in [-0.25, -0.2) is 4.90 Å². The largest absolute Gasteiger partial charge is 0.496 e. The minimum Gasteiger partial charge on any atom is -0.496 e. The molecule has 0 bridgehead atoms. The highest BCUT2D eigenvalue weighted by atomic mass is 35.5. The van der Waals surface area contributed by atoms with Crippen molar-refractivity contribution in [3.63, 3.8) is 0 Å². The predicted molar refractivity (Wildman–Crippen MR) is 96.4 cm³/mol. The lowest BCUT2D eigenvalue weighted by atomic mass is 10.1. The number of halogens is 1. The number of benzene rings is 2. The van der Waals surface area contributed by atoms with E-state index in [4.69, 9.17) is 20.8 Å². The molecular formula is C19H16ClNO4. The second kappa shape index (κ2) is 6.61. The van der Waals surface area contributed by atoms with Crippen molar-refractivity contribution in [2.24, 2.45) is 0 Å². The zero-order valence-electron chi connectivity index (χ0n) is 14.0. The molecule has 2 aromatic carbocycles. The van der Waals surface area contributed by atoms with Gasteiger partial charge in [-0.15, -0.1) is 0 Å². The molecule has 25 heavy (non-hydrogen) atoms. The smallest absolute Gasteiger partial charge is 0.300 e. The Morgan fingerprint density at radius 3 is 2.52 bits per heavy atom. The van der Waals surface area contributed by atoms with Gasteiger partial charge in [0.25, 0.3) is 0 Å². The SMILES string of the molecule is COc1cccc2oc(C(=O)N(C(C)=O)c3c(C)cccc3Cl)cc12. The fraction of sp³-hybridized carbons (Fsp3) is 0.158. The van der Waals surface area contributed by atoms with Crippen molar-refractivity contribution in [3.8, 4) is 5.75 Å². The molecule has 0 unspecified atom stereocenters. The van der Waals surface area contributed by atoms with E-state index in [9.17, 15) is 9.59 Å². The molecule has 2 amide bonds. The van der Waals surface area contributed by atoms with Gasteiger partial charge in [0.2, 0.25) is 5.91 Å². The first kappa shape index (κ1) is 17.0. The molecule has 0 aliphatic carbocycles. The topological polar surface area (TPSA) is 59.8 Å². The van der Waals surface area contributed by atoms with Crippen molar-refractivity contribution in [3.05, 3.63) is 58.8 Å². The van der Waals surface area contributed by atoms with Crippen molar-refractivity contribution in [1.82, 2.24) is 0 Å². The summed E-state index contributed by atoms with van der Waals surface area (Å²) in [5, 5.41) is 0.977. The predicted octanol–water partition coefficient (Wildman–Crippen LogP) is 4.60. The van der Waals surface area contributed by atoms with Crippen LogP contribution in [0.2, 0.25) is 5.02 Å². The van der Waals surface area contributed by atoms with Crippen LogP contribution < -0.4 is 9.64 Å². The number of imide groups is 1. The number of nitrogens with zero attached hydrogens (tertiary/aromatic N) is 1. The highest BCUT2D eigenvalue weighted by Crippen LogP contribution is 2.33. The highest BCUT2D eigenvalue weighted by molar-refractivity contribution is 6.36. The number of aryl methyl sites for hydroxylation is 1. The quantitative estimate of drug-likeness (QED) is 0.687. The maximum atomic E-state index is 13.0. The van der Waals surface area contributed by atoms with Gasteiger partial charge < -0.3 is 9.15 Å². The van der Waals surface area contributed by atoms with Gasteiger partial charge in [-0.2, -0.15) is 0 Å². The Kier molecular flexibility index (Phi) is 4.51. The Bertz CT molecular complexity index is 956. The standard InChI is InChI=1S/C19H16ClNO4/c1-11-6-4-7-14(20)18(11)21(12(2)22)19(23)17-10-13-15(24-3)8-5-9-16(13)25-17/h4-10H,1-3H3. The number of carbonyl (C=O) groups is 2. The number of para-hydroxylation sites is 1. The number of carbonyl (C=O) groups excluding carboxylic acids is 2. The second-order valence-electron chi connectivity index (χ2n) is 5.55. The van der Waals surface area contributed by atoms with Gasteiger partial charge >= 0.3 is 5.91 Å². The van der Waals surface area contributed by atoms with Crippen molar-refractivity contribution in [1.29, 1.82) is 0 Å². The lowest BCUT2D eigenvalue weighted by Gasteiger charge is -2.21. The summed E-state index contributed by atoms with van der Waals surface area (Å²) in [4.78, 5) is 26.2. The molecule has 0 saturated heterocycles. The van der Waals surface area contributed by atoms with E-state index in [2.05, 4.69) is 0 Å². The number of amides is 2. The van der Waals surface area contributed by atoms with E-state index in [0.29, 0.717) is 33.0 Å². The molecule has 0 aliphatic rings. The van der Waals surface area contributed by atoms with E-state index >= 15 is 0 Å². The molecule has 1 aromatic heterocycles. The van der Waals surface area contributed by atoms with Gasteiger partial charge in [0, 0.05) is 13.0 Å². The van der Waals surface area contributed by atoms with Crippen LogP contribution in [0.25, 0.3) is 11.0 Å². The number of furan rings is 1. The third-order valence-corrected chi connectivity index (χ3v) is 4.19. The summed E-state index contributed by atoms with van der Waals surface area (Å²) >= 11 is 6.23. The maximum Gasteiger partial charge on any atom is 0.300 e. The first-order chi connectivity index (χ1) is 11.9. The number of ether oxygens (including phenoxy) is 1. The van der Waals surface area contributed by atoms with E-state index in [-0.39, 0.29) is 5.76 Å². The third-order valence-electron chi connectivity index (χ3n) is 3.88. The Morgan fingerprint density at radius 2 is 1.88 bits per heavy atom. The minimum absolute atomic E-state index is 0.0361. The van der Waals surface area contributed by atoms with Crippen LogP contribution in [0.1, 0.15) is 23.0 Å². The molecule has 6 heteroatoms. The molecule has 3 aromatic rings. The minimum atomic E-state index is -0.582. The lowest BCUT2D eigenvalue weighted by Crippen LogP contribution is -2.35. The third kappa shape index (κ3) is 2.98. The molecule has 0 radical (unpaired) electrons. The van der Waals surface area contributed by atoms with Crippen molar-refractivity contribution in [2.45, 2.75) is 13.8 Å². The Balaban J connectivity index is 2.13. The Hall–Kier alpha value is -2.79. The van der Waals surface area contributed by atoms with Gasteiger partial charge in [-0.3, -0.25) is 9.59 Å². The normalized spacial score (nSPS) is 10.7. The highest BCUT2D eigenvalue weighted by Gasteiger charge is 2.28. The average molecular weight is 358 g/mol. The zero-order valence-corrected chi connectivity index (χ0v) is 14.8. The number of rotatable bonds is 3. The Morgan fingerprint density at radius 1 is 1.16 bits per heavy atom. The van der Waals surface area contributed by atoms with Crippen LogP contribution in [0.5, 0.6) is 5.75 Å². The van der Waals surface area contributed by atoms with Crippen LogP contribution in [-0.4, -0.2) is 18.9 Å². The van der Waals surface area contributed by atoms with Gasteiger partial charge in [-0.1, -0.05) is 29.8 Å². The molecule has 0 aliphatic heterocycles. The zero-order chi connectivity index (χ0) is 18.1. The van der Waals surface area contributed by atoms with E-state index in [1.165, 1.54) is 14.0 Å². The summed E-state index contributed by atoms with van der Waals surface area (Å²) in [7, 11) is 1.54. The molecule has 1 heterocycles. The summed E-state index contributed by atoms with van der Waals surface area (Å²) in [6.07, 6.45) is 0. The number of fused-ring (bicyclic) bond motifs is 1. The lowest BCUT2D eigenvalue weighted by molar-refractivity contribution is -0.116. The van der Waals surface area contributed by atoms with Gasteiger partial charge in [0.1, 0.15) is 11.3 Å². The molecule has 0 saturated carbocycles. The van der Waals surface area contributed by atoms with Crippen LogP contribution in [0.15, 0.2) is 46.9 Å². The molecule has 0 atom stereocenters. The molecule has 5 nitrogen and oxygen atoms in total. The first-order valence-electron chi connectivity index (χ1n) is 7.60. The Labute approximate surface area is 149 Å². The fourth-order valence-corrected chi connectivity index (χ4v) is 3.04. The maximum absolute atomic E-state index is 13.0. The number of anilines is 1. The van der Waals surface area contributed by atoms with E-state index in [1.807, 2.05) is 0 Å². The average Bonchev–Trinajstić information content (AvgIpc) is 3.01. The van der Waals surface area contributed by atoms with E-state index in [0.717, 1.165) is 4.90 Å². The van der Waals surface area contributed by atoms with Crippen molar-refractivity contribution in [2.75, 3.05) is 12.0 Å². The molecular weight excluding hydrogens is 342 g/mol. The fourth-order valence-electron chi connectivity index (χ4n) is 2.74. The first-order valence-corrected chi connectivity index (χ1v) is 7.98. The van der Waals surface area contributed by atoms with Crippen LogP contribution >= 0.6 is 11.6 Å². The van der Waals surface area contributed by atoms with E-state index in [1.54, 1.807) is 49.4 Å². The van der Waals surface area contributed by atoms with Gasteiger partial charge in [-0.05, 0) is 30.7 Å². The van der Waals surface area contributed by atoms with Crippen LogP contribution in [0, 0.1) is 6.92 Å². The monoisotopic (exact) mass is 357 g/mol.